The lowest BCUT2D eigenvalue weighted by Crippen LogP contribution is -2.41. The van der Waals surface area contributed by atoms with Crippen LogP contribution >= 0.6 is 23.2 Å². The van der Waals surface area contributed by atoms with Gasteiger partial charge in [-0.05, 0) is 42.5 Å². The molecule has 0 aliphatic rings. The number of ether oxygens (including phenoxy) is 1. The zero-order valence-electron chi connectivity index (χ0n) is 14.3. The van der Waals surface area contributed by atoms with E-state index in [1.165, 1.54) is 42.5 Å². The second-order valence-corrected chi connectivity index (χ2v) is 8.27. The van der Waals surface area contributed by atoms with Gasteiger partial charge < -0.3 is 10.1 Å². The number of sulfonamides is 1. The maximum atomic E-state index is 12.8. The van der Waals surface area contributed by atoms with Crippen molar-refractivity contribution in [3.63, 3.8) is 0 Å². The van der Waals surface area contributed by atoms with Crippen LogP contribution in [-0.2, 0) is 14.8 Å². The summed E-state index contributed by atoms with van der Waals surface area (Å²) in [6.45, 7) is -0.194. The molecule has 0 saturated heterocycles. The Hall–Kier alpha value is -2.03. The number of hydrogen-bond acceptors (Lipinski definition) is 4. The molecule has 146 valence electrons. The van der Waals surface area contributed by atoms with Crippen LogP contribution in [0.25, 0.3) is 0 Å². The van der Waals surface area contributed by atoms with Crippen LogP contribution < -0.4 is 14.4 Å². The SMILES string of the molecule is CS(=O)(=O)N(CC(=O)NCCOc1ccc(F)cc1)c1cc(Cl)ccc1Cl. The minimum Gasteiger partial charge on any atom is -0.492 e. The minimum absolute atomic E-state index is 0.115. The number of nitrogens with zero attached hydrogens (tertiary/aromatic N) is 1. The summed E-state index contributed by atoms with van der Waals surface area (Å²) in [6.07, 6.45) is 0.967. The van der Waals surface area contributed by atoms with Crippen LogP contribution in [0.1, 0.15) is 0 Å². The molecule has 0 heterocycles. The molecule has 0 aliphatic heterocycles. The van der Waals surface area contributed by atoms with E-state index in [9.17, 15) is 17.6 Å². The summed E-state index contributed by atoms with van der Waals surface area (Å²) in [7, 11) is -3.77. The molecular weight excluding hydrogens is 418 g/mol. The molecule has 0 saturated carbocycles. The third kappa shape index (κ3) is 6.57. The lowest BCUT2D eigenvalue weighted by Gasteiger charge is -2.23. The average Bonchev–Trinajstić information content (AvgIpc) is 2.59. The molecule has 0 aromatic heterocycles. The summed E-state index contributed by atoms with van der Waals surface area (Å²) in [5.41, 5.74) is 0.115. The first-order valence-corrected chi connectivity index (χ1v) is 10.3. The van der Waals surface area contributed by atoms with Crippen molar-refractivity contribution in [1.82, 2.24) is 5.32 Å². The third-order valence-electron chi connectivity index (χ3n) is 3.37. The molecule has 27 heavy (non-hydrogen) atoms. The Labute approximate surface area is 166 Å². The zero-order chi connectivity index (χ0) is 20.0. The van der Waals surface area contributed by atoms with Crippen molar-refractivity contribution < 1.29 is 22.3 Å². The fraction of sp³-hybridized carbons (Fsp3) is 0.235. The van der Waals surface area contributed by atoms with Crippen molar-refractivity contribution in [2.75, 3.05) is 30.3 Å². The Morgan fingerprint density at radius 2 is 1.85 bits per heavy atom. The highest BCUT2D eigenvalue weighted by molar-refractivity contribution is 7.92. The molecule has 1 N–H and O–H groups in total. The molecule has 0 radical (unpaired) electrons. The Kier molecular flexibility index (Phi) is 7.29. The van der Waals surface area contributed by atoms with Crippen molar-refractivity contribution >= 4 is 44.8 Å². The van der Waals surface area contributed by atoms with E-state index in [1.807, 2.05) is 0 Å². The normalized spacial score (nSPS) is 11.1. The molecule has 2 aromatic carbocycles. The van der Waals surface area contributed by atoms with Gasteiger partial charge in [-0.15, -0.1) is 0 Å². The fourth-order valence-corrected chi connectivity index (χ4v) is 3.43. The second kappa shape index (κ2) is 9.25. The summed E-state index contributed by atoms with van der Waals surface area (Å²) in [4.78, 5) is 12.1. The van der Waals surface area contributed by atoms with Crippen molar-refractivity contribution in [2.24, 2.45) is 0 Å². The standard InChI is InChI=1S/C17H17Cl2FN2O4S/c1-27(24,25)22(16-10-12(18)2-7-15(16)19)11-17(23)21-8-9-26-14-5-3-13(20)4-6-14/h2-7,10H,8-9,11H2,1H3,(H,21,23). The maximum absolute atomic E-state index is 12.8. The molecule has 0 bridgehead atoms. The van der Waals surface area contributed by atoms with Gasteiger partial charge in [-0.1, -0.05) is 23.2 Å². The number of benzene rings is 2. The van der Waals surface area contributed by atoms with Gasteiger partial charge >= 0.3 is 0 Å². The minimum atomic E-state index is -3.77. The summed E-state index contributed by atoms with van der Waals surface area (Å²) >= 11 is 11.9. The highest BCUT2D eigenvalue weighted by Gasteiger charge is 2.23. The monoisotopic (exact) mass is 434 g/mol. The van der Waals surface area contributed by atoms with Crippen LogP contribution in [0, 0.1) is 5.82 Å². The number of hydrogen-bond donors (Lipinski definition) is 1. The van der Waals surface area contributed by atoms with E-state index < -0.39 is 22.5 Å². The summed E-state index contributed by atoms with van der Waals surface area (Å²) in [5.74, 6) is -0.468. The smallest absolute Gasteiger partial charge is 0.240 e. The molecule has 10 heteroatoms. The molecule has 6 nitrogen and oxygen atoms in total. The Morgan fingerprint density at radius 1 is 1.19 bits per heavy atom. The van der Waals surface area contributed by atoms with E-state index >= 15 is 0 Å². The van der Waals surface area contributed by atoms with Crippen molar-refractivity contribution in [3.8, 4) is 5.75 Å². The Morgan fingerprint density at radius 3 is 2.48 bits per heavy atom. The van der Waals surface area contributed by atoms with Crippen LogP contribution in [-0.4, -0.2) is 40.3 Å². The maximum Gasteiger partial charge on any atom is 0.240 e. The topological polar surface area (TPSA) is 75.7 Å². The van der Waals surface area contributed by atoms with E-state index in [0.717, 1.165) is 10.6 Å². The highest BCUT2D eigenvalue weighted by atomic mass is 35.5. The molecule has 0 atom stereocenters. The van der Waals surface area contributed by atoms with Gasteiger partial charge in [-0.2, -0.15) is 0 Å². The first-order valence-electron chi connectivity index (χ1n) is 7.74. The van der Waals surface area contributed by atoms with Gasteiger partial charge in [0, 0.05) is 5.02 Å². The van der Waals surface area contributed by atoms with Gasteiger partial charge in [-0.25, -0.2) is 12.8 Å². The molecule has 0 spiro atoms. The Balaban J connectivity index is 1.94. The van der Waals surface area contributed by atoms with Gasteiger partial charge in [0.2, 0.25) is 15.9 Å². The second-order valence-electron chi connectivity index (χ2n) is 5.52. The predicted octanol–water partition coefficient (Wildman–Crippen LogP) is 3.09. The lowest BCUT2D eigenvalue weighted by molar-refractivity contribution is -0.119. The van der Waals surface area contributed by atoms with Crippen molar-refractivity contribution in [2.45, 2.75) is 0 Å². The number of carbonyl (C=O) groups excluding carboxylic acids is 1. The van der Waals surface area contributed by atoms with Crippen molar-refractivity contribution in [3.05, 3.63) is 58.3 Å². The number of anilines is 1. The first-order chi connectivity index (χ1) is 12.7. The number of carbonyl (C=O) groups is 1. The van der Waals surface area contributed by atoms with Gasteiger partial charge in [0.05, 0.1) is 23.5 Å². The number of amides is 1. The summed E-state index contributed by atoms with van der Waals surface area (Å²) < 4.78 is 43.2. The van der Waals surface area contributed by atoms with Crippen molar-refractivity contribution in [1.29, 1.82) is 0 Å². The number of halogens is 3. The van der Waals surface area contributed by atoms with Crippen LogP contribution in [0.3, 0.4) is 0 Å². The van der Waals surface area contributed by atoms with Crippen LogP contribution in [0.4, 0.5) is 10.1 Å². The Bertz CT molecular complexity index is 908. The van der Waals surface area contributed by atoms with Gasteiger partial charge in [0.25, 0.3) is 0 Å². The fourth-order valence-electron chi connectivity index (χ4n) is 2.13. The van der Waals surface area contributed by atoms with Gasteiger partial charge in [0.1, 0.15) is 24.7 Å². The summed E-state index contributed by atoms with van der Waals surface area (Å²) in [5, 5.41) is 2.99. The molecular formula is C17H17Cl2FN2O4S. The van der Waals surface area contributed by atoms with Gasteiger partial charge in [-0.3, -0.25) is 9.10 Å². The van der Waals surface area contributed by atoms with E-state index in [4.69, 9.17) is 27.9 Å². The molecule has 1 amide bonds. The van der Waals surface area contributed by atoms with E-state index in [2.05, 4.69) is 5.32 Å². The lowest BCUT2D eigenvalue weighted by atomic mass is 10.3. The molecule has 0 unspecified atom stereocenters. The van der Waals surface area contributed by atoms with Crippen LogP contribution in [0.15, 0.2) is 42.5 Å². The zero-order valence-corrected chi connectivity index (χ0v) is 16.6. The summed E-state index contributed by atoms with van der Waals surface area (Å²) in [6, 6.07) is 9.77. The van der Waals surface area contributed by atoms with Crippen LogP contribution in [0.5, 0.6) is 5.75 Å². The van der Waals surface area contributed by atoms with Gasteiger partial charge in [0.15, 0.2) is 0 Å². The van der Waals surface area contributed by atoms with E-state index in [-0.39, 0.29) is 34.7 Å². The largest absolute Gasteiger partial charge is 0.492 e. The molecule has 2 rings (SSSR count). The third-order valence-corrected chi connectivity index (χ3v) is 5.05. The van der Waals surface area contributed by atoms with E-state index in [0.29, 0.717) is 5.75 Å². The predicted molar refractivity (Wildman–Crippen MR) is 104 cm³/mol. The molecule has 0 fully saturated rings. The van der Waals surface area contributed by atoms with Crippen LogP contribution in [0.2, 0.25) is 10.0 Å². The quantitative estimate of drug-likeness (QED) is 0.647. The number of nitrogens with one attached hydrogen (secondary N) is 1. The van der Waals surface area contributed by atoms with E-state index in [1.54, 1.807) is 0 Å². The highest BCUT2D eigenvalue weighted by Crippen LogP contribution is 2.30. The average molecular weight is 435 g/mol. The molecule has 2 aromatic rings. The molecule has 0 aliphatic carbocycles. The number of rotatable bonds is 8. The first kappa shape index (κ1) is 21.3.